The summed E-state index contributed by atoms with van der Waals surface area (Å²) in [4.78, 5) is 14.7. The summed E-state index contributed by atoms with van der Waals surface area (Å²) >= 11 is 0. The first kappa shape index (κ1) is 29.2. The lowest BCUT2D eigenvalue weighted by Gasteiger charge is -2.37. The van der Waals surface area contributed by atoms with Crippen LogP contribution in [-0.2, 0) is 19.6 Å². The highest BCUT2D eigenvalue weighted by Crippen LogP contribution is 2.39. The number of amides is 1. The minimum absolute atomic E-state index is 0.101. The van der Waals surface area contributed by atoms with E-state index < -0.39 is 10.0 Å². The van der Waals surface area contributed by atoms with Gasteiger partial charge in [-0.15, -0.1) is 0 Å². The van der Waals surface area contributed by atoms with Crippen LogP contribution in [0.5, 0.6) is 0 Å². The first-order chi connectivity index (χ1) is 17.6. The molecule has 1 atom stereocenters. The maximum Gasteiger partial charge on any atom is 0.246 e. The third-order valence-electron chi connectivity index (χ3n) is 7.19. The highest BCUT2D eigenvalue weighted by atomic mass is 32.2. The summed E-state index contributed by atoms with van der Waals surface area (Å²) in [6.07, 6.45) is 4.07. The molecular formula is C28H40FN3O4S. The number of aryl methyl sites for hydroxylation is 1. The molecule has 1 unspecified atom stereocenters. The molecule has 0 aliphatic heterocycles. The zero-order valence-corrected chi connectivity index (χ0v) is 23.1. The number of ether oxygens (including phenoxy) is 1. The Morgan fingerprint density at radius 2 is 1.76 bits per heavy atom. The molecule has 1 aliphatic rings. The van der Waals surface area contributed by atoms with Gasteiger partial charge < -0.3 is 15.0 Å². The van der Waals surface area contributed by atoms with Crippen LogP contribution in [0, 0.1) is 24.6 Å². The second kappa shape index (κ2) is 13.5. The fourth-order valence-corrected chi connectivity index (χ4v) is 6.22. The summed E-state index contributed by atoms with van der Waals surface area (Å²) in [5, 5.41) is 2.95. The van der Waals surface area contributed by atoms with Crippen molar-refractivity contribution in [1.29, 1.82) is 0 Å². The van der Waals surface area contributed by atoms with Gasteiger partial charge in [0.1, 0.15) is 12.4 Å². The Morgan fingerprint density at radius 1 is 1.08 bits per heavy atom. The Labute approximate surface area is 221 Å². The van der Waals surface area contributed by atoms with Gasteiger partial charge in [0.15, 0.2) is 0 Å². The van der Waals surface area contributed by atoms with Crippen molar-refractivity contribution < 1.29 is 22.3 Å². The first-order valence-electron chi connectivity index (χ1n) is 12.9. The molecule has 1 aliphatic carbocycles. The third-order valence-corrected chi connectivity index (χ3v) is 9.06. The van der Waals surface area contributed by atoms with E-state index in [0.717, 1.165) is 36.8 Å². The van der Waals surface area contributed by atoms with Crippen molar-refractivity contribution >= 4 is 15.9 Å². The predicted octanol–water partition coefficient (Wildman–Crippen LogP) is 4.00. The standard InChI is InChI=1S/C28H40FN3O4S/c1-21-8-14-26(15-9-21)37(34,35)32(4)16-17-36-20-27(33)30-19-22-10-12-23(13-11-22)28(31(2)3)24-6-5-7-25(29)18-24/h5-9,14-15,18,22-23,28H,10-13,16-17,19-20H2,1-4H3,(H,30,33). The lowest BCUT2D eigenvalue weighted by Crippen LogP contribution is -2.36. The van der Waals surface area contributed by atoms with Crippen LogP contribution in [0.15, 0.2) is 53.4 Å². The molecule has 9 heteroatoms. The van der Waals surface area contributed by atoms with E-state index in [0.29, 0.717) is 18.4 Å². The van der Waals surface area contributed by atoms with Crippen LogP contribution < -0.4 is 5.32 Å². The van der Waals surface area contributed by atoms with Gasteiger partial charge in [-0.3, -0.25) is 4.79 Å². The van der Waals surface area contributed by atoms with E-state index in [1.165, 1.54) is 17.4 Å². The van der Waals surface area contributed by atoms with E-state index in [1.807, 2.05) is 27.1 Å². The van der Waals surface area contributed by atoms with Crippen LogP contribution in [0.25, 0.3) is 0 Å². The van der Waals surface area contributed by atoms with Gasteiger partial charge in [0.05, 0.1) is 11.5 Å². The number of nitrogens with zero attached hydrogens (tertiary/aromatic N) is 2. The summed E-state index contributed by atoms with van der Waals surface area (Å²) in [7, 11) is 2.00. The van der Waals surface area contributed by atoms with Crippen molar-refractivity contribution in [1.82, 2.24) is 14.5 Å². The van der Waals surface area contributed by atoms with Gasteiger partial charge in [0.2, 0.25) is 15.9 Å². The first-order valence-corrected chi connectivity index (χ1v) is 14.3. The molecular weight excluding hydrogens is 493 g/mol. The molecule has 204 valence electrons. The predicted molar refractivity (Wildman–Crippen MR) is 143 cm³/mol. The number of halogens is 1. The summed E-state index contributed by atoms with van der Waals surface area (Å²) < 4.78 is 45.7. The quantitative estimate of drug-likeness (QED) is 0.418. The van der Waals surface area contributed by atoms with Crippen molar-refractivity contribution in [3.8, 4) is 0 Å². The molecule has 0 bridgehead atoms. The number of carbonyl (C=O) groups is 1. The molecule has 0 heterocycles. The number of nitrogens with one attached hydrogen (secondary N) is 1. The normalized spacial score (nSPS) is 19.2. The molecule has 0 aromatic heterocycles. The maximum atomic E-state index is 13.8. The molecule has 3 rings (SSSR count). The van der Waals surface area contributed by atoms with Crippen LogP contribution in [0.1, 0.15) is 42.9 Å². The van der Waals surface area contributed by atoms with Crippen LogP contribution in [-0.4, -0.2) is 71.0 Å². The number of hydrogen-bond acceptors (Lipinski definition) is 5. The Balaban J connectivity index is 1.35. The Kier molecular flexibility index (Phi) is 10.6. The second-order valence-electron chi connectivity index (χ2n) is 10.2. The molecule has 1 fully saturated rings. The summed E-state index contributed by atoms with van der Waals surface area (Å²) in [5.74, 6) is 0.446. The van der Waals surface area contributed by atoms with E-state index >= 15 is 0 Å². The van der Waals surface area contributed by atoms with Gasteiger partial charge >= 0.3 is 0 Å². The fourth-order valence-electron chi connectivity index (χ4n) is 5.07. The number of hydrogen-bond donors (Lipinski definition) is 1. The van der Waals surface area contributed by atoms with Crippen molar-refractivity contribution in [3.63, 3.8) is 0 Å². The summed E-state index contributed by atoms with van der Waals surface area (Å²) in [6.45, 7) is 2.69. The third kappa shape index (κ3) is 8.33. The molecule has 2 aromatic carbocycles. The van der Waals surface area contributed by atoms with Crippen LogP contribution >= 0.6 is 0 Å². The molecule has 2 aromatic rings. The zero-order chi connectivity index (χ0) is 27.0. The van der Waals surface area contributed by atoms with E-state index in [9.17, 15) is 17.6 Å². The van der Waals surface area contributed by atoms with Crippen LogP contribution in [0.3, 0.4) is 0 Å². The second-order valence-corrected chi connectivity index (χ2v) is 12.3. The lowest BCUT2D eigenvalue weighted by molar-refractivity contribution is -0.126. The molecule has 1 amide bonds. The van der Waals surface area contributed by atoms with Crippen molar-refractivity contribution in [2.45, 2.75) is 43.5 Å². The van der Waals surface area contributed by atoms with Crippen molar-refractivity contribution in [3.05, 3.63) is 65.5 Å². The Hall–Kier alpha value is -2.33. The van der Waals surface area contributed by atoms with Gasteiger partial charge in [0, 0.05) is 26.2 Å². The smallest absolute Gasteiger partial charge is 0.246 e. The number of benzene rings is 2. The van der Waals surface area contributed by atoms with E-state index in [2.05, 4.69) is 10.2 Å². The molecule has 0 radical (unpaired) electrons. The summed E-state index contributed by atoms with van der Waals surface area (Å²) in [6, 6.07) is 13.8. The van der Waals surface area contributed by atoms with Gasteiger partial charge in [0.25, 0.3) is 0 Å². The van der Waals surface area contributed by atoms with Gasteiger partial charge in [-0.2, -0.15) is 4.31 Å². The number of rotatable bonds is 12. The van der Waals surface area contributed by atoms with Gasteiger partial charge in [-0.05, 0) is 88.4 Å². The van der Waals surface area contributed by atoms with Gasteiger partial charge in [-0.25, -0.2) is 12.8 Å². The monoisotopic (exact) mass is 533 g/mol. The molecule has 37 heavy (non-hydrogen) atoms. The molecule has 0 spiro atoms. The van der Waals surface area contributed by atoms with Crippen molar-refractivity contribution in [2.24, 2.45) is 11.8 Å². The number of likely N-dealkylation sites (N-methyl/N-ethyl adjacent to an activating group) is 1. The molecule has 1 N–H and O–H groups in total. The van der Waals surface area contributed by atoms with Crippen LogP contribution in [0.2, 0.25) is 0 Å². The minimum Gasteiger partial charge on any atom is -0.370 e. The number of sulfonamides is 1. The maximum absolute atomic E-state index is 13.8. The zero-order valence-electron chi connectivity index (χ0n) is 22.3. The lowest BCUT2D eigenvalue weighted by atomic mass is 9.76. The highest BCUT2D eigenvalue weighted by molar-refractivity contribution is 7.89. The average molecular weight is 534 g/mol. The van der Waals surface area contributed by atoms with Crippen molar-refractivity contribution in [2.75, 3.05) is 47.4 Å². The average Bonchev–Trinajstić information content (AvgIpc) is 2.86. The van der Waals surface area contributed by atoms with E-state index in [4.69, 9.17) is 4.74 Å². The largest absolute Gasteiger partial charge is 0.370 e. The Morgan fingerprint density at radius 3 is 2.38 bits per heavy atom. The van der Waals surface area contributed by atoms with E-state index in [1.54, 1.807) is 36.4 Å². The topological polar surface area (TPSA) is 78.9 Å². The molecule has 7 nitrogen and oxygen atoms in total. The summed E-state index contributed by atoms with van der Waals surface area (Å²) in [5.41, 5.74) is 2.00. The Bertz CT molecular complexity index is 1120. The fraction of sp³-hybridized carbons (Fsp3) is 0.536. The van der Waals surface area contributed by atoms with Gasteiger partial charge in [-0.1, -0.05) is 29.8 Å². The SMILES string of the molecule is Cc1ccc(S(=O)(=O)N(C)CCOCC(=O)NCC2CCC(C(c3cccc(F)c3)N(C)C)CC2)cc1. The van der Waals surface area contributed by atoms with Crippen LogP contribution in [0.4, 0.5) is 4.39 Å². The molecule has 0 saturated heterocycles. The minimum atomic E-state index is -3.59. The number of carbonyl (C=O) groups excluding carboxylic acids is 1. The van der Waals surface area contributed by atoms with E-state index in [-0.39, 0.29) is 42.4 Å². The molecule has 1 saturated carbocycles. The highest BCUT2D eigenvalue weighted by Gasteiger charge is 2.30.